The van der Waals surface area contributed by atoms with E-state index >= 15 is 0 Å². The fraction of sp³-hybridized carbons (Fsp3) is 0.538. The number of hydrogen-bond donors (Lipinski definition) is 0. The Bertz CT molecular complexity index is 412. The minimum atomic E-state index is 0.427. The van der Waals surface area contributed by atoms with Gasteiger partial charge < -0.3 is 4.90 Å². The number of anilines is 1. The summed E-state index contributed by atoms with van der Waals surface area (Å²) < 4.78 is 0. The van der Waals surface area contributed by atoms with Crippen molar-refractivity contribution in [2.45, 2.75) is 20.3 Å². The van der Waals surface area contributed by atoms with Crippen molar-refractivity contribution in [1.29, 1.82) is 0 Å². The number of piperidine rings is 1. The number of aldehydes is 1. The number of halogens is 1. The Morgan fingerprint density at radius 1 is 1.41 bits per heavy atom. The third-order valence-electron chi connectivity index (χ3n) is 3.22. The minimum Gasteiger partial charge on any atom is -0.368 e. The van der Waals surface area contributed by atoms with E-state index in [0.29, 0.717) is 22.6 Å². The summed E-state index contributed by atoms with van der Waals surface area (Å²) in [6.07, 6.45) is 3.66. The first-order chi connectivity index (χ1) is 8.11. The number of aromatic nitrogens is 1. The molecule has 3 nitrogen and oxygen atoms in total. The molecule has 1 aromatic heterocycles. The van der Waals surface area contributed by atoms with E-state index in [-0.39, 0.29) is 0 Å². The minimum absolute atomic E-state index is 0.427. The van der Waals surface area contributed by atoms with E-state index in [1.54, 1.807) is 12.3 Å². The lowest BCUT2D eigenvalue weighted by Gasteiger charge is -2.37. The predicted octanol–water partition coefficient (Wildman–Crippen LogP) is 3.03. The average Bonchev–Trinajstić information content (AvgIpc) is 2.27. The highest BCUT2D eigenvalue weighted by molar-refractivity contribution is 6.32. The van der Waals surface area contributed by atoms with Crippen LogP contribution in [0.25, 0.3) is 0 Å². The Kier molecular flexibility index (Phi) is 3.67. The number of carbonyl (C=O) groups is 1. The molecular weight excluding hydrogens is 236 g/mol. The van der Waals surface area contributed by atoms with Crippen molar-refractivity contribution in [2.75, 3.05) is 18.0 Å². The molecule has 2 rings (SSSR count). The summed E-state index contributed by atoms with van der Waals surface area (Å²) in [4.78, 5) is 17.3. The number of nitrogens with zero attached hydrogens (tertiary/aromatic N) is 2. The van der Waals surface area contributed by atoms with Crippen LogP contribution in [0.5, 0.6) is 0 Å². The van der Waals surface area contributed by atoms with Gasteiger partial charge in [-0.05, 0) is 24.3 Å². The zero-order chi connectivity index (χ0) is 12.4. The molecule has 1 aliphatic rings. The van der Waals surface area contributed by atoms with Crippen LogP contribution in [-0.2, 0) is 0 Å². The van der Waals surface area contributed by atoms with E-state index < -0.39 is 0 Å². The molecule has 4 heteroatoms. The van der Waals surface area contributed by atoms with Gasteiger partial charge >= 0.3 is 0 Å². The second-order valence-corrected chi connectivity index (χ2v) is 5.37. The second kappa shape index (κ2) is 5.05. The third-order valence-corrected chi connectivity index (χ3v) is 3.50. The molecule has 0 bridgehead atoms. The molecule has 0 N–H and O–H groups in total. The zero-order valence-corrected chi connectivity index (χ0v) is 10.9. The van der Waals surface area contributed by atoms with Gasteiger partial charge in [-0.25, -0.2) is 4.98 Å². The van der Waals surface area contributed by atoms with Gasteiger partial charge in [0.15, 0.2) is 11.4 Å². The van der Waals surface area contributed by atoms with Crippen LogP contribution in [0.15, 0.2) is 12.3 Å². The standard InChI is InChI=1S/C13H17ClN2O/c1-9-5-10(2)7-16(6-9)12-11(8-17)3-4-15-13(12)14/h3-4,8-10H,5-7H2,1-2H3/t9-,10+. The Labute approximate surface area is 107 Å². The van der Waals surface area contributed by atoms with Crippen LogP contribution in [0.3, 0.4) is 0 Å². The van der Waals surface area contributed by atoms with Gasteiger partial charge in [-0.1, -0.05) is 25.4 Å². The summed E-state index contributed by atoms with van der Waals surface area (Å²) in [5, 5.41) is 0.427. The van der Waals surface area contributed by atoms with E-state index in [1.807, 2.05) is 0 Å². The summed E-state index contributed by atoms with van der Waals surface area (Å²) in [5.74, 6) is 1.24. The topological polar surface area (TPSA) is 33.2 Å². The van der Waals surface area contributed by atoms with Gasteiger partial charge in [-0.15, -0.1) is 0 Å². The van der Waals surface area contributed by atoms with Crippen LogP contribution in [0.1, 0.15) is 30.6 Å². The fourth-order valence-electron chi connectivity index (χ4n) is 2.70. The SMILES string of the molecule is C[C@@H]1C[C@H](C)CN(c2c(C=O)ccnc2Cl)C1. The van der Waals surface area contributed by atoms with Crippen molar-refractivity contribution < 1.29 is 4.79 Å². The molecule has 0 amide bonds. The summed E-state index contributed by atoms with van der Waals surface area (Å²) >= 11 is 6.13. The molecule has 1 aliphatic heterocycles. The van der Waals surface area contributed by atoms with Crippen LogP contribution in [0.4, 0.5) is 5.69 Å². The molecule has 0 aliphatic carbocycles. The van der Waals surface area contributed by atoms with Crippen LogP contribution >= 0.6 is 11.6 Å². The maximum Gasteiger partial charge on any atom is 0.153 e. The summed E-state index contributed by atoms with van der Waals surface area (Å²) in [6, 6.07) is 1.72. The lowest BCUT2D eigenvalue weighted by atomic mass is 9.91. The predicted molar refractivity (Wildman–Crippen MR) is 69.8 cm³/mol. The van der Waals surface area contributed by atoms with Gasteiger partial charge in [0.1, 0.15) is 0 Å². The highest BCUT2D eigenvalue weighted by Crippen LogP contribution is 2.32. The molecule has 1 aromatic rings. The zero-order valence-electron chi connectivity index (χ0n) is 10.2. The monoisotopic (exact) mass is 252 g/mol. The van der Waals surface area contributed by atoms with E-state index in [0.717, 1.165) is 25.1 Å². The molecule has 0 spiro atoms. The van der Waals surface area contributed by atoms with E-state index in [4.69, 9.17) is 11.6 Å². The lowest BCUT2D eigenvalue weighted by molar-refractivity contribution is 0.112. The molecule has 0 unspecified atom stereocenters. The van der Waals surface area contributed by atoms with Gasteiger partial charge in [0.05, 0.1) is 5.69 Å². The largest absolute Gasteiger partial charge is 0.368 e. The fourth-order valence-corrected chi connectivity index (χ4v) is 2.98. The van der Waals surface area contributed by atoms with Crippen molar-refractivity contribution in [3.8, 4) is 0 Å². The smallest absolute Gasteiger partial charge is 0.153 e. The number of pyridine rings is 1. The second-order valence-electron chi connectivity index (χ2n) is 5.01. The molecule has 92 valence electrons. The van der Waals surface area contributed by atoms with Gasteiger partial charge in [0, 0.05) is 24.8 Å². The maximum absolute atomic E-state index is 11.1. The summed E-state index contributed by atoms with van der Waals surface area (Å²) in [5.41, 5.74) is 1.42. The van der Waals surface area contributed by atoms with Crippen molar-refractivity contribution in [2.24, 2.45) is 11.8 Å². The molecule has 2 atom stereocenters. The normalized spacial score (nSPS) is 24.8. The Balaban J connectivity index is 2.35. The quantitative estimate of drug-likeness (QED) is 0.599. The number of hydrogen-bond acceptors (Lipinski definition) is 3. The van der Waals surface area contributed by atoms with Crippen molar-refractivity contribution >= 4 is 23.6 Å². The van der Waals surface area contributed by atoms with Gasteiger partial charge in [0.2, 0.25) is 0 Å². The average molecular weight is 253 g/mol. The van der Waals surface area contributed by atoms with E-state index in [2.05, 4.69) is 23.7 Å². The first-order valence-corrected chi connectivity index (χ1v) is 6.34. The lowest BCUT2D eigenvalue weighted by Crippen LogP contribution is -2.39. The highest BCUT2D eigenvalue weighted by atomic mass is 35.5. The van der Waals surface area contributed by atoms with Crippen molar-refractivity contribution in [1.82, 2.24) is 4.98 Å². The molecule has 0 aromatic carbocycles. The molecule has 1 fully saturated rings. The molecule has 0 radical (unpaired) electrons. The third kappa shape index (κ3) is 2.60. The Morgan fingerprint density at radius 2 is 2.06 bits per heavy atom. The Hall–Kier alpha value is -1.09. The van der Waals surface area contributed by atoms with Gasteiger partial charge in [-0.3, -0.25) is 4.79 Å². The summed E-state index contributed by atoms with van der Waals surface area (Å²) in [6.45, 7) is 6.34. The van der Waals surface area contributed by atoms with Crippen molar-refractivity contribution in [3.63, 3.8) is 0 Å². The molecule has 1 saturated heterocycles. The number of rotatable bonds is 2. The molecule has 2 heterocycles. The Morgan fingerprint density at radius 3 is 2.65 bits per heavy atom. The first-order valence-electron chi connectivity index (χ1n) is 5.96. The van der Waals surface area contributed by atoms with E-state index in [1.165, 1.54) is 6.42 Å². The van der Waals surface area contributed by atoms with E-state index in [9.17, 15) is 4.79 Å². The van der Waals surface area contributed by atoms with Crippen LogP contribution in [-0.4, -0.2) is 24.4 Å². The van der Waals surface area contributed by atoms with Crippen LogP contribution in [0.2, 0.25) is 5.15 Å². The number of carbonyl (C=O) groups excluding carboxylic acids is 1. The summed E-state index contributed by atoms with van der Waals surface area (Å²) in [7, 11) is 0. The van der Waals surface area contributed by atoms with Gasteiger partial charge in [0.25, 0.3) is 0 Å². The molecular formula is C13H17ClN2O. The maximum atomic E-state index is 11.1. The van der Waals surface area contributed by atoms with Crippen molar-refractivity contribution in [3.05, 3.63) is 23.0 Å². The highest BCUT2D eigenvalue weighted by Gasteiger charge is 2.25. The van der Waals surface area contributed by atoms with Crippen LogP contribution < -0.4 is 4.90 Å². The first kappa shape index (κ1) is 12.4. The van der Waals surface area contributed by atoms with Crippen LogP contribution in [0, 0.1) is 11.8 Å². The van der Waals surface area contributed by atoms with Gasteiger partial charge in [-0.2, -0.15) is 0 Å². The molecule has 0 saturated carbocycles. The molecule has 17 heavy (non-hydrogen) atoms.